The lowest BCUT2D eigenvalue weighted by Crippen LogP contribution is -2.09. The van der Waals surface area contributed by atoms with Crippen molar-refractivity contribution in [2.45, 2.75) is 33.0 Å². The topological polar surface area (TPSA) is 31.6 Å². The van der Waals surface area contributed by atoms with E-state index in [1.165, 1.54) is 0 Å². The van der Waals surface area contributed by atoms with Crippen molar-refractivity contribution < 1.29 is 13.9 Å². The van der Waals surface area contributed by atoms with Gasteiger partial charge in [-0.3, -0.25) is 0 Å². The van der Waals surface area contributed by atoms with Gasteiger partial charge in [0.15, 0.2) is 5.76 Å². The van der Waals surface area contributed by atoms with Crippen LogP contribution < -0.4 is 0 Å². The minimum Gasteiger partial charge on any atom is -0.464 e. The highest BCUT2D eigenvalue weighted by Gasteiger charge is 2.14. The van der Waals surface area contributed by atoms with Crippen LogP contribution in [0, 0.1) is 0 Å². The Bertz CT molecular complexity index is 210. The van der Waals surface area contributed by atoms with Crippen LogP contribution in [-0.2, 0) is 9.47 Å². The molecule has 0 N–H and O–H groups in total. The maximum absolute atomic E-state index is 5.52. The molecule has 3 nitrogen and oxygen atoms in total. The number of ether oxygens (including phenoxy) is 2. The van der Waals surface area contributed by atoms with Gasteiger partial charge < -0.3 is 13.9 Å². The maximum Gasteiger partial charge on any atom is 0.217 e. The highest BCUT2D eigenvalue weighted by Crippen LogP contribution is 2.19. The third-order valence-electron chi connectivity index (χ3n) is 1.72. The number of hydrogen-bond acceptors (Lipinski definition) is 3. The van der Waals surface area contributed by atoms with E-state index in [4.69, 9.17) is 13.9 Å². The zero-order chi connectivity index (χ0) is 10.2. The summed E-state index contributed by atoms with van der Waals surface area (Å²) >= 11 is 0. The Morgan fingerprint density at radius 3 is 2.29 bits per heavy atom. The SMILES string of the molecule is CCCOC(OCCC)c1ccco1. The predicted molar refractivity (Wildman–Crippen MR) is 53.9 cm³/mol. The summed E-state index contributed by atoms with van der Waals surface area (Å²) in [5, 5.41) is 0. The molecule has 0 unspecified atom stereocenters. The van der Waals surface area contributed by atoms with Gasteiger partial charge >= 0.3 is 0 Å². The fourth-order valence-corrected chi connectivity index (χ4v) is 1.09. The summed E-state index contributed by atoms with van der Waals surface area (Å²) < 4.78 is 16.3. The van der Waals surface area contributed by atoms with Crippen molar-refractivity contribution in [3.63, 3.8) is 0 Å². The standard InChI is InChI=1S/C11H18O3/c1-3-7-13-11(14-8-4-2)10-6-5-9-12-10/h5-6,9,11H,3-4,7-8H2,1-2H3. The minimum atomic E-state index is -0.343. The summed E-state index contributed by atoms with van der Waals surface area (Å²) in [6, 6.07) is 3.71. The largest absolute Gasteiger partial charge is 0.464 e. The first-order valence-corrected chi connectivity index (χ1v) is 5.15. The van der Waals surface area contributed by atoms with E-state index in [1.807, 2.05) is 12.1 Å². The van der Waals surface area contributed by atoms with Gasteiger partial charge in [0.2, 0.25) is 6.29 Å². The Labute approximate surface area is 85.0 Å². The van der Waals surface area contributed by atoms with Crippen LogP contribution in [0.5, 0.6) is 0 Å². The Morgan fingerprint density at radius 1 is 1.21 bits per heavy atom. The van der Waals surface area contributed by atoms with E-state index in [9.17, 15) is 0 Å². The first kappa shape index (κ1) is 11.3. The normalized spacial score (nSPS) is 11.1. The molecule has 0 aliphatic carbocycles. The minimum absolute atomic E-state index is 0.343. The van der Waals surface area contributed by atoms with E-state index in [2.05, 4.69) is 13.8 Å². The molecule has 0 atom stereocenters. The molecule has 3 heteroatoms. The zero-order valence-electron chi connectivity index (χ0n) is 8.86. The van der Waals surface area contributed by atoms with Crippen molar-refractivity contribution in [3.05, 3.63) is 24.2 Å². The maximum atomic E-state index is 5.52. The highest BCUT2D eigenvalue weighted by molar-refractivity contribution is 4.99. The van der Waals surface area contributed by atoms with E-state index in [1.54, 1.807) is 6.26 Å². The second-order valence-corrected chi connectivity index (χ2v) is 3.09. The molecule has 0 aliphatic heterocycles. The van der Waals surface area contributed by atoms with Crippen LogP contribution in [0.1, 0.15) is 38.7 Å². The van der Waals surface area contributed by atoms with Gasteiger partial charge in [0.25, 0.3) is 0 Å². The molecule has 0 fully saturated rings. The molecule has 0 saturated carbocycles. The van der Waals surface area contributed by atoms with Gasteiger partial charge in [0.05, 0.1) is 6.26 Å². The predicted octanol–water partition coefficient (Wildman–Crippen LogP) is 3.13. The molecular weight excluding hydrogens is 180 g/mol. The molecule has 1 rings (SSSR count). The van der Waals surface area contributed by atoms with Crippen molar-refractivity contribution in [3.8, 4) is 0 Å². The third kappa shape index (κ3) is 3.52. The summed E-state index contributed by atoms with van der Waals surface area (Å²) in [6.07, 6.45) is 3.25. The molecular formula is C11H18O3. The van der Waals surface area contributed by atoms with Crippen molar-refractivity contribution >= 4 is 0 Å². The third-order valence-corrected chi connectivity index (χ3v) is 1.72. The fourth-order valence-electron chi connectivity index (χ4n) is 1.09. The van der Waals surface area contributed by atoms with Crippen molar-refractivity contribution in [2.24, 2.45) is 0 Å². The fraction of sp³-hybridized carbons (Fsp3) is 0.636. The molecule has 0 bridgehead atoms. The Balaban J connectivity index is 2.44. The Hall–Kier alpha value is -0.800. The molecule has 1 heterocycles. The van der Waals surface area contributed by atoms with Crippen LogP contribution in [0.15, 0.2) is 22.8 Å². The van der Waals surface area contributed by atoms with E-state index >= 15 is 0 Å². The average Bonchev–Trinajstić information content (AvgIpc) is 2.71. The summed E-state index contributed by atoms with van der Waals surface area (Å²) in [5.74, 6) is 0.743. The van der Waals surface area contributed by atoms with Gasteiger partial charge in [-0.25, -0.2) is 0 Å². The number of rotatable bonds is 7. The lowest BCUT2D eigenvalue weighted by Gasteiger charge is -2.15. The van der Waals surface area contributed by atoms with E-state index in [0.29, 0.717) is 13.2 Å². The molecule has 1 aromatic heterocycles. The second kappa shape index (κ2) is 6.62. The summed E-state index contributed by atoms with van der Waals surface area (Å²) in [4.78, 5) is 0. The quantitative estimate of drug-likeness (QED) is 0.631. The van der Waals surface area contributed by atoms with Crippen LogP contribution in [0.2, 0.25) is 0 Å². The summed E-state index contributed by atoms with van der Waals surface area (Å²) in [7, 11) is 0. The summed E-state index contributed by atoms with van der Waals surface area (Å²) in [5.41, 5.74) is 0. The first-order chi connectivity index (χ1) is 6.88. The van der Waals surface area contributed by atoms with Crippen LogP contribution in [-0.4, -0.2) is 13.2 Å². The molecule has 0 radical (unpaired) electrons. The molecule has 0 saturated heterocycles. The van der Waals surface area contributed by atoms with Crippen LogP contribution in [0.3, 0.4) is 0 Å². The monoisotopic (exact) mass is 198 g/mol. The van der Waals surface area contributed by atoms with Gasteiger partial charge in [-0.15, -0.1) is 0 Å². The Morgan fingerprint density at radius 2 is 1.86 bits per heavy atom. The number of furan rings is 1. The van der Waals surface area contributed by atoms with E-state index < -0.39 is 0 Å². The molecule has 80 valence electrons. The molecule has 1 aromatic rings. The smallest absolute Gasteiger partial charge is 0.217 e. The van der Waals surface area contributed by atoms with Crippen LogP contribution in [0.4, 0.5) is 0 Å². The van der Waals surface area contributed by atoms with Crippen molar-refractivity contribution in [2.75, 3.05) is 13.2 Å². The van der Waals surface area contributed by atoms with Gasteiger partial charge in [0.1, 0.15) is 0 Å². The van der Waals surface area contributed by atoms with Crippen LogP contribution >= 0.6 is 0 Å². The average molecular weight is 198 g/mol. The lowest BCUT2D eigenvalue weighted by atomic mass is 10.4. The van der Waals surface area contributed by atoms with Gasteiger partial charge in [-0.2, -0.15) is 0 Å². The molecule has 0 aliphatic rings. The van der Waals surface area contributed by atoms with Gasteiger partial charge in [-0.05, 0) is 25.0 Å². The summed E-state index contributed by atoms with van der Waals surface area (Å²) in [6.45, 7) is 5.52. The molecule has 14 heavy (non-hydrogen) atoms. The van der Waals surface area contributed by atoms with E-state index in [-0.39, 0.29) is 6.29 Å². The highest BCUT2D eigenvalue weighted by atomic mass is 16.7. The lowest BCUT2D eigenvalue weighted by molar-refractivity contribution is -0.156. The van der Waals surface area contributed by atoms with Crippen molar-refractivity contribution in [1.29, 1.82) is 0 Å². The number of hydrogen-bond donors (Lipinski definition) is 0. The van der Waals surface area contributed by atoms with Crippen molar-refractivity contribution in [1.82, 2.24) is 0 Å². The molecule has 0 spiro atoms. The molecule has 0 aromatic carbocycles. The van der Waals surface area contributed by atoms with Gasteiger partial charge in [-0.1, -0.05) is 13.8 Å². The zero-order valence-corrected chi connectivity index (χ0v) is 8.86. The first-order valence-electron chi connectivity index (χ1n) is 5.15. The Kier molecular flexibility index (Phi) is 5.33. The van der Waals surface area contributed by atoms with E-state index in [0.717, 1.165) is 18.6 Å². The molecule has 0 amide bonds. The van der Waals surface area contributed by atoms with Gasteiger partial charge in [0, 0.05) is 13.2 Å². The van der Waals surface area contributed by atoms with Crippen LogP contribution in [0.25, 0.3) is 0 Å². The second-order valence-electron chi connectivity index (χ2n) is 3.09.